The van der Waals surface area contributed by atoms with Gasteiger partial charge in [-0.15, -0.1) is 0 Å². The molecule has 1 saturated heterocycles. The van der Waals surface area contributed by atoms with Gasteiger partial charge in [-0.05, 0) is 24.2 Å². The van der Waals surface area contributed by atoms with Gasteiger partial charge in [0.05, 0.1) is 13.0 Å². The van der Waals surface area contributed by atoms with Crippen LogP contribution in [0.3, 0.4) is 0 Å². The molecule has 0 bridgehead atoms. The number of carboxylic acid groups (broad SMARTS) is 1. The van der Waals surface area contributed by atoms with Crippen LogP contribution in [0.1, 0.15) is 12.5 Å². The first-order chi connectivity index (χ1) is 9.67. The van der Waals surface area contributed by atoms with Gasteiger partial charge >= 0.3 is 5.97 Å². The third kappa shape index (κ3) is 4.51. The molecular formula is C15H21NO4. The van der Waals surface area contributed by atoms with E-state index in [1.807, 2.05) is 0 Å². The number of ether oxygens (including phenoxy) is 2. The van der Waals surface area contributed by atoms with E-state index in [0.717, 1.165) is 37.6 Å². The quantitative estimate of drug-likeness (QED) is 0.853. The maximum Gasteiger partial charge on any atom is 0.307 e. The second-order valence-corrected chi connectivity index (χ2v) is 4.91. The Morgan fingerprint density at radius 1 is 1.45 bits per heavy atom. The van der Waals surface area contributed by atoms with Gasteiger partial charge in [-0.3, -0.25) is 9.69 Å². The van der Waals surface area contributed by atoms with Crippen LogP contribution in [0.4, 0.5) is 0 Å². The molecule has 0 saturated carbocycles. The number of nitrogens with zero attached hydrogens (tertiary/aromatic N) is 1. The molecule has 0 aliphatic carbocycles. The zero-order valence-corrected chi connectivity index (χ0v) is 11.7. The molecule has 2 rings (SSSR count). The molecule has 1 fully saturated rings. The van der Waals surface area contributed by atoms with E-state index in [1.54, 1.807) is 24.3 Å². The Labute approximate surface area is 119 Å². The lowest BCUT2D eigenvalue weighted by Crippen LogP contribution is -2.44. The molecule has 1 atom stereocenters. The SMILES string of the molecule is CCN1CCOC(COc2ccc(CC(=O)O)cc2)C1. The van der Waals surface area contributed by atoms with Gasteiger partial charge in [0, 0.05) is 13.1 Å². The van der Waals surface area contributed by atoms with E-state index in [0.29, 0.717) is 6.61 Å². The summed E-state index contributed by atoms with van der Waals surface area (Å²) in [5.74, 6) is -0.0784. The third-order valence-corrected chi connectivity index (χ3v) is 3.38. The average molecular weight is 279 g/mol. The fourth-order valence-corrected chi connectivity index (χ4v) is 2.24. The second-order valence-electron chi connectivity index (χ2n) is 4.91. The Morgan fingerprint density at radius 3 is 2.85 bits per heavy atom. The molecule has 20 heavy (non-hydrogen) atoms. The Balaban J connectivity index is 1.80. The van der Waals surface area contributed by atoms with Crippen LogP contribution in [0.2, 0.25) is 0 Å². The molecule has 1 aliphatic heterocycles. The van der Waals surface area contributed by atoms with Gasteiger partial charge in [0.25, 0.3) is 0 Å². The maximum atomic E-state index is 10.6. The summed E-state index contributed by atoms with van der Waals surface area (Å²) < 4.78 is 11.4. The molecule has 0 radical (unpaired) electrons. The number of hydrogen-bond acceptors (Lipinski definition) is 4. The van der Waals surface area contributed by atoms with E-state index < -0.39 is 5.97 Å². The molecular weight excluding hydrogens is 258 g/mol. The summed E-state index contributed by atoms with van der Waals surface area (Å²) in [4.78, 5) is 12.9. The Bertz CT molecular complexity index is 432. The summed E-state index contributed by atoms with van der Waals surface area (Å²) in [5.41, 5.74) is 0.774. The minimum Gasteiger partial charge on any atom is -0.491 e. The van der Waals surface area contributed by atoms with E-state index in [2.05, 4.69) is 11.8 Å². The van der Waals surface area contributed by atoms with Gasteiger partial charge in [-0.2, -0.15) is 0 Å². The van der Waals surface area contributed by atoms with Crippen LogP contribution < -0.4 is 4.74 Å². The van der Waals surface area contributed by atoms with Crippen molar-refractivity contribution in [2.75, 3.05) is 32.8 Å². The smallest absolute Gasteiger partial charge is 0.307 e. The van der Waals surface area contributed by atoms with Crippen molar-refractivity contribution in [1.29, 1.82) is 0 Å². The van der Waals surface area contributed by atoms with E-state index in [9.17, 15) is 4.79 Å². The van der Waals surface area contributed by atoms with Crippen molar-refractivity contribution in [2.45, 2.75) is 19.4 Å². The van der Waals surface area contributed by atoms with Crippen LogP contribution in [0.25, 0.3) is 0 Å². The van der Waals surface area contributed by atoms with Crippen molar-refractivity contribution in [3.05, 3.63) is 29.8 Å². The van der Waals surface area contributed by atoms with Gasteiger partial charge in [0.2, 0.25) is 0 Å². The predicted molar refractivity (Wildman–Crippen MR) is 75.1 cm³/mol. The molecule has 5 heteroatoms. The van der Waals surface area contributed by atoms with Crippen molar-refractivity contribution in [3.8, 4) is 5.75 Å². The first kappa shape index (κ1) is 14.8. The van der Waals surface area contributed by atoms with Gasteiger partial charge < -0.3 is 14.6 Å². The number of carboxylic acids is 1. The number of morpholine rings is 1. The average Bonchev–Trinajstić information content (AvgIpc) is 2.46. The zero-order valence-electron chi connectivity index (χ0n) is 11.7. The Hall–Kier alpha value is -1.59. The van der Waals surface area contributed by atoms with Gasteiger partial charge in [-0.25, -0.2) is 0 Å². The minimum atomic E-state index is -0.825. The fourth-order valence-electron chi connectivity index (χ4n) is 2.24. The largest absolute Gasteiger partial charge is 0.491 e. The van der Waals surface area contributed by atoms with Crippen LogP contribution in [0, 0.1) is 0 Å². The van der Waals surface area contributed by atoms with Crippen molar-refractivity contribution >= 4 is 5.97 Å². The number of carbonyl (C=O) groups is 1. The van der Waals surface area contributed by atoms with Crippen LogP contribution in [-0.4, -0.2) is 54.9 Å². The molecule has 1 heterocycles. The number of hydrogen-bond donors (Lipinski definition) is 1. The van der Waals surface area contributed by atoms with Gasteiger partial charge in [0.1, 0.15) is 18.5 Å². The summed E-state index contributed by atoms with van der Waals surface area (Å²) >= 11 is 0. The molecule has 1 aromatic rings. The Kier molecular flexibility index (Phi) is 5.38. The molecule has 1 aliphatic rings. The van der Waals surface area contributed by atoms with Crippen molar-refractivity contribution in [3.63, 3.8) is 0 Å². The van der Waals surface area contributed by atoms with Crippen LogP contribution in [-0.2, 0) is 16.0 Å². The molecule has 1 aromatic carbocycles. The predicted octanol–water partition coefficient (Wildman–Crippen LogP) is 1.41. The second kappa shape index (κ2) is 7.26. The van der Waals surface area contributed by atoms with E-state index in [4.69, 9.17) is 14.6 Å². The number of rotatable bonds is 6. The van der Waals surface area contributed by atoms with E-state index in [1.165, 1.54) is 0 Å². The first-order valence-electron chi connectivity index (χ1n) is 6.95. The van der Waals surface area contributed by atoms with Crippen molar-refractivity contribution in [2.24, 2.45) is 0 Å². The standard InChI is InChI=1S/C15H21NO4/c1-2-16-7-8-19-14(10-16)11-20-13-5-3-12(4-6-13)9-15(17)18/h3-6,14H,2,7-11H2,1H3,(H,17,18). The molecule has 1 N–H and O–H groups in total. The summed E-state index contributed by atoms with van der Waals surface area (Å²) in [6.45, 7) is 6.33. The highest BCUT2D eigenvalue weighted by Gasteiger charge is 2.19. The monoisotopic (exact) mass is 279 g/mol. The van der Waals surface area contributed by atoms with Crippen LogP contribution in [0.5, 0.6) is 5.75 Å². The number of likely N-dealkylation sites (N-methyl/N-ethyl adjacent to an activating group) is 1. The lowest BCUT2D eigenvalue weighted by atomic mass is 10.1. The highest BCUT2D eigenvalue weighted by molar-refractivity contribution is 5.70. The van der Waals surface area contributed by atoms with E-state index in [-0.39, 0.29) is 12.5 Å². The number of aliphatic carboxylic acids is 1. The lowest BCUT2D eigenvalue weighted by molar-refractivity contribution is -0.136. The summed E-state index contributed by atoms with van der Waals surface area (Å²) in [6, 6.07) is 7.17. The first-order valence-corrected chi connectivity index (χ1v) is 6.95. The summed E-state index contributed by atoms with van der Waals surface area (Å²) in [5, 5.41) is 8.71. The summed E-state index contributed by atoms with van der Waals surface area (Å²) in [6.07, 6.45) is 0.139. The molecule has 110 valence electrons. The third-order valence-electron chi connectivity index (χ3n) is 3.38. The normalized spacial score (nSPS) is 19.8. The zero-order chi connectivity index (χ0) is 14.4. The maximum absolute atomic E-state index is 10.6. The minimum absolute atomic E-state index is 0.0392. The van der Waals surface area contributed by atoms with Crippen molar-refractivity contribution < 1.29 is 19.4 Å². The van der Waals surface area contributed by atoms with Crippen LogP contribution in [0.15, 0.2) is 24.3 Å². The molecule has 0 spiro atoms. The van der Waals surface area contributed by atoms with E-state index >= 15 is 0 Å². The van der Waals surface area contributed by atoms with Crippen molar-refractivity contribution in [1.82, 2.24) is 4.90 Å². The fraction of sp³-hybridized carbons (Fsp3) is 0.533. The highest BCUT2D eigenvalue weighted by Crippen LogP contribution is 2.14. The Morgan fingerprint density at radius 2 is 2.20 bits per heavy atom. The molecule has 0 amide bonds. The lowest BCUT2D eigenvalue weighted by Gasteiger charge is -2.31. The van der Waals surface area contributed by atoms with Crippen LogP contribution >= 0.6 is 0 Å². The highest BCUT2D eigenvalue weighted by atomic mass is 16.5. The molecule has 0 aromatic heterocycles. The molecule has 1 unspecified atom stereocenters. The number of benzene rings is 1. The topological polar surface area (TPSA) is 59.0 Å². The van der Waals surface area contributed by atoms with Gasteiger partial charge in [-0.1, -0.05) is 19.1 Å². The summed E-state index contributed by atoms with van der Waals surface area (Å²) in [7, 11) is 0. The van der Waals surface area contributed by atoms with Gasteiger partial charge in [0.15, 0.2) is 0 Å². The molecule has 5 nitrogen and oxygen atoms in total.